The molecule has 0 heterocycles. The molecular weight excluding hydrogens is 200 g/mol. The Morgan fingerprint density at radius 3 is 2.81 bits per heavy atom. The molecule has 1 saturated carbocycles. The van der Waals surface area contributed by atoms with Crippen molar-refractivity contribution in [2.45, 2.75) is 58.4 Å². The van der Waals surface area contributed by atoms with E-state index in [0.29, 0.717) is 12.3 Å². The summed E-state index contributed by atoms with van der Waals surface area (Å²) in [6, 6.07) is 0.211. The summed E-state index contributed by atoms with van der Waals surface area (Å²) in [4.78, 5) is 11.5. The van der Waals surface area contributed by atoms with Crippen LogP contribution in [0.5, 0.6) is 0 Å². The van der Waals surface area contributed by atoms with Gasteiger partial charge in [-0.05, 0) is 38.0 Å². The van der Waals surface area contributed by atoms with Gasteiger partial charge in [-0.2, -0.15) is 0 Å². The summed E-state index contributed by atoms with van der Waals surface area (Å²) in [6.07, 6.45) is 6.40. The maximum atomic E-state index is 11.5. The lowest BCUT2D eigenvalue weighted by atomic mass is 9.98. The number of nitrogens with two attached hydrogens (primary N) is 1. The van der Waals surface area contributed by atoms with Crippen LogP contribution in [-0.2, 0) is 4.79 Å². The second kappa shape index (κ2) is 6.89. The van der Waals surface area contributed by atoms with Gasteiger partial charge in [0.2, 0.25) is 5.91 Å². The molecular formula is C13H26N2O. The quantitative estimate of drug-likeness (QED) is 0.728. The van der Waals surface area contributed by atoms with Crippen LogP contribution in [0.2, 0.25) is 0 Å². The molecule has 0 aromatic heterocycles. The monoisotopic (exact) mass is 226 g/mol. The Balaban J connectivity index is 2.05. The molecule has 1 fully saturated rings. The van der Waals surface area contributed by atoms with Crippen LogP contribution in [0.15, 0.2) is 0 Å². The first kappa shape index (κ1) is 13.5. The third-order valence-corrected chi connectivity index (χ3v) is 3.66. The maximum Gasteiger partial charge on any atom is 0.220 e. The van der Waals surface area contributed by atoms with Crippen molar-refractivity contribution >= 4 is 5.91 Å². The maximum absolute atomic E-state index is 11.5. The number of rotatable bonds is 6. The van der Waals surface area contributed by atoms with Gasteiger partial charge in [0.25, 0.3) is 0 Å². The van der Waals surface area contributed by atoms with Crippen LogP contribution in [0.3, 0.4) is 0 Å². The summed E-state index contributed by atoms with van der Waals surface area (Å²) in [5.41, 5.74) is 5.64. The van der Waals surface area contributed by atoms with Gasteiger partial charge in [-0.25, -0.2) is 0 Å². The molecule has 1 rings (SSSR count). The molecule has 94 valence electrons. The Bertz CT molecular complexity index is 216. The highest BCUT2D eigenvalue weighted by Crippen LogP contribution is 2.30. The van der Waals surface area contributed by atoms with Crippen LogP contribution in [0.25, 0.3) is 0 Å². The Labute approximate surface area is 99.2 Å². The van der Waals surface area contributed by atoms with E-state index in [9.17, 15) is 4.79 Å². The fraction of sp³-hybridized carbons (Fsp3) is 0.923. The lowest BCUT2D eigenvalue weighted by molar-refractivity contribution is -0.121. The summed E-state index contributed by atoms with van der Waals surface area (Å²) in [7, 11) is 0. The molecule has 3 heteroatoms. The van der Waals surface area contributed by atoms with E-state index in [-0.39, 0.29) is 11.9 Å². The van der Waals surface area contributed by atoms with Gasteiger partial charge in [0.1, 0.15) is 0 Å². The van der Waals surface area contributed by atoms with Crippen molar-refractivity contribution in [3.8, 4) is 0 Å². The highest BCUT2D eigenvalue weighted by Gasteiger charge is 2.23. The summed E-state index contributed by atoms with van der Waals surface area (Å²) in [5, 5.41) is 3.05. The van der Waals surface area contributed by atoms with E-state index in [4.69, 9.17) is 5.73 Å². The molecule has 1 amide bonds. The van der Waals surface area contributed by atoms with Crippen LogP contribution >= 0.6 is 0 Å². The van der Waals surface area contributed by atoms with Gasteiger partial charge in [0.15, 0.2) is 0 Å². The molecule has 3 nitrogen and oxygen atoms in total. The Morgan fingerprint density at radius 2 is 2.25 bits per heavy atom. The third-order valence-electron chi connectivity index (χ3n) is 3.66. The predicted molar refractivity (Wildman–Crippen MR) is 67.0 cm³/mol. The minimum absolute atomic E-state index is 0.194. The lowest BCUT2D eigenvalue weighted by Crippen LogP contribution is -2.30. The van der Waals surface area contributed by atoms with E-state index in [1.807, 2.05) is 6.92 Å². The van der Waals surface area contributed by atoms with Crippen molar-refractivity contribution in [1.82, 2.24) is 5.32 Å². The summed E-state index contributed by atoms with van der Waals surface area (Å²) in [5.74, 6) is 1.68. The number of hydrogen-bond acceptors (Lipinski definition) is 2. The van der Waals surface area contributed by atoms with Gasteiger partial charge in [0, 0.05) is 19.0 Å². The first-order valence-corrected chi connectivity index (χ1v) is 6.62. The Morgan fingerprint density at radius 1 is 1.50 bits per heavy atom. The zero-order chi connectivity index (χ0) is 12.0. The third kappa shape index (κ3) is 4.97. The largest absolute Gasteiger partial charge is 0.356 e. The number of carbonyl (C=O) groups excluding carboxylic acids is 1. The smallest absolute Gasteiger partial charge is 0.220 e. The van der Waals surface area contributed by atoms with Crippen LogP contribution in [0, 0.1) is 11.8 Å². The zero-order valence-electron chi connectivity index (χ0n) is 10.7. The molecule has 0 aromatic carbocycles. The second-order valence-corrected chi connectivity index (χ2v) is 5.34. The lowest BCUT2D eigenvalue weighted by Gasteiger charge is -2.15. The van der Waals surface area contributed by atoms with Crippen molar-refractivity contribution in [2.24, 2.45) is 17.6 Å². The molecule has 0 radical (unpaired) electrons. The van der Waals surface area contributed by atoms with Gasteiger partial charge < -0.3 is 11.1 Å². The second-order valence-electron chi connectivity index (χ2n) is 5.34. The topological polar surface area (TPSA) is 55.1 Å². The van der Waals surface area contributed by atoms with Crippen LogP contribution < -0.4 is 11.1 Å². The summed E-state index contributed by atoms with van der Waals surface area (Å²) >= 11 is 0. The molecule has 1 aliphatic rings. The van der Waals surface area contributed by atoms with Gasteiger partial charge in [0.05, 0.1) is 0 Å². The van der Waals surface area contributed by atoms with E-state index in [2.05, 4.69) is 12.2 Å². The van der Waals surface area contributed by atoms with Crippen molar-refractivity contribution in [3.05, 3.63) is 0 Å². The highest BCUT2D eigenvalue weighted by atomic mass is 16.1. The molecule has 3 N–H and O–H groups in total. The average Bonchev–Trinajstić information content (AvgIpc) is 2.60. The van der Waals surface area contributed by atoms with Crippen molar-refractivity contribution in [3.63, 3.8) is 0 Å². The van der Waals surface area contributed by atoms with Gasteiger partial charge in [-0.15, -0.1) is 0 Å². The standard InChI is InChI=1S/C13H26N2O/c1-10-5-3-7-12(10)9-15-13(16)8-4-6-11(2)14/h10-12H,3-9,14H2,1-2H3,(H,15,16). The predicted octanol–water partition coefficient (Wildman–Crippen LogP) is 2.06. The fourth-order valence-corrected chi connectivity index (χ4v) is 2.44. The van der Waals surface area contributed by atoms with E-state index < -0.39 is 0 Å². The van der Waals surface area contributed by atoms with Gasteiger partial charge in [-0.3, -0.25) is 4.79 Å². The van der Waals surface area contributed by atoms with E-state index in [1.165, 1.54) is 19.3 Å². The SMILES string of the molecule is CC(N)CCCC(=O)NCC1CCCC1C. The number of nitrogens with one attached hydrogen (secondary N) is 1. The van der Waals surface area contributed by atoms with E-state index in [1.54, 1.807) is 0 Å². The van der Waals surface area contributed by atoms with Crippen molar-refractivity contribution < 1.29 is 4.79 Å². The van der Waals surface area contributed by atoms with Crippen LogP contribution in [0.1, 0.15) is 52.4 Å². The number of carbonyl (C=O) groups is 1. The first-order valence-electron chi connectivity index (χ1n) is 6.62. The summed E-state index contributed by atoms with van der Waals surface area (Å²) < 4.78 is 0. The molecule has 3 unspecified atom stereocenters. The molecule has 0 bridgehead atoms. The van der Waals surface area contributed by atoms with Crippen LogP contribution in [-0.4, -0.2) is 18.5 Å². The zero-order valence-corrected chi connectivity index (χ0v) is 10.7. The number of hydrogen-bond donors (Lipinski definition) is 2. The molecule has 0 aliphatic heterocycles. The Hall–Kier alpha value is -0.570. The highest BCUT2D eigenvalue weighted by molar-refractivity contribution is 5.75. The minimum Gasteiger partial charge on any atom is -0.356 e. The first-order chi connectivity index (χ1) is 7.59. The van der Waals surface area contributed by atoms with Gasteiger partial charge in [-0.1, -0.05) is 19.8 Å². The van der Waals surface area contributed by atoms with Crippen LogP contribution in [0.4, 0.5) is 0 Å². The molecule has 0 spiro atoms. The molecule has 0 aromatic rings. The summed E-state index contributed by atoms with van der Waals surface area (Å²) in [6.45, 7) is 5.15. The molecule has 3 atom stereocenters. The van der Waals surface area contributed by atoms with E-state index >= 15 is 0 Å². The van der Waals surface area contributed by atoms with Gasteiger partial charge >= 0.3 is 0 Å². The average molecular weight is 226 g/mol. The number of amides is 1. The minimum atomic E-state index is 0.194. The molecule has 16 heavy (non-hydrogen) atoms. The van der Waals surface area contributed by atoms with Crippen molar-refractivity contribution in [2.75, 3.05) is 6.54 Å². The van der Waals surface area contributed by atoms with E-state index in [0.717, 1.165) is 25.3 Å². The fourth-order valence-electron chi connectivity index (χ4n) is 2.44. The molecule has 1 aliphatic carbocycles. The molecule has 0 saturated heterocycles. The normalized spacial score (nSPS) is 26.7. The van der Waals surface area contributed by atoms with Crippen molar-refractivity contribution in [1.29, 1.82) is 0 Å². The Kier molecular flexibility index (Phi) is 5.81.